The molecule has 0 radical (unpaired) electrons. The van der Waals surface area contributed by atoms with E-state index in [1.807, 2.05) is 39.0 Å². The molecule has 1 aliphatic rings. The number of thioether (sulfide) groups is 1. The van der Waals surface area contributed by atoms with Gasteiger partial charge in [-0.2, -0.15) is 0 Å². The summed E-state index contributed by atoms with van der Waals surface area (Å²) in [7, 11) is 0. The molecular weight excluding hydrogens is 338 g/mol. The number of carbonyl (C=O) groups is 1. The van der Waals surface area contributed by atoms with E-state index in [0.29, 0.717) is 5.75 Å². The van der Waals surface area contributed by atoms with Crippen LogP contribution in [0.15, 0.2) is 5.03 Å². The zero-order valence-corrected chi connectivity index (χ0v) is 16.7. The first-order valence-electron chi connectivity index (χ1n) is 8.45. The van der Waals surface area contributed by atoms with Crippen LogP contribution >= 0.6 is 23.1 Å². The van der Waals surface area contributed by atoms with Gasteiger partial charge >= 0.3 is 0 Å². The molecule has 4 nitrogen and oxygen atoms in total. The Kier molecular flexibility index (Phi) is 4.89. The summed E-state index contributed by atoms with van der Waals surface area (Å²) in [4.78, 5) is 24.0. The van der Waals surface area contributed by atoms with Crippen molar-refractivity contribution in [2.75, 3.05) is 5.75 Å². The van der Waals surface area contributed by atoms with Crippen LogP contribution in [0.1, 0.15) is 50.4 Å². The summed E-state index contributed by atoms with van der Waals surface area (Å²) in [5, 5.41) is 5.18. The second-order valence-corrected chi connectivity index (χ2v) is 9.74. The lowest BCUT2D eigenvalue weighted by Crippen LogP contribution is -2.41. The summed E-state index contributed by atoms with van der Waals surface area (Å²) in [5.41, 5.74) is 1.22. The van der Waals surface area contributed by atoms with E-state index in [1.165, 1.54) is 34.0 Å². The fourth-order valence-corrected chi connectivity index (χ4v) is 5.50. The third-order valence-corrected chi connectivity index (χ3v) is 6.21. The van der Waals surface area contributed by atoms with E-state index in [2.05, 4.69) is 22.2 Å². The van der Waals surface area contributed by atoms with Gasteiger partial charge < -0.3 is 5.32 Å². The molecule has 1 atom stereocenters. The number of nitrogens with zero attached hydrogens (tertiary/aromatic N) is 2. The van der Waals surface area contributed by atoms with Gasteiger partial charge in [-0.3, -0.25) is 4.79 Å². The molecule has 1 amide bonds. The molecule has 0 aromatic carbocycles. The van der Waals surface area contributed by atoms with Crippen LogP contribution in [-0.2, 0) is 17.6 Å². The summed E-state index contributed by atoms with van der Waals surface area (Å²) >= 11 is 3.35. The summed E-state index contributed by atoms with van der Waals surface area (Å²) in [6.45, 7) is 10.2. The van der Waals surface area contributed by atoms with Gasteiger partial charge in [0.15, 0.2) is 0 Å². The number of hydrogen-bond acceptors (Lipinski definition) is 5. The van der Waals surface area contributed by atoms with Crippen LogP contribution in [0.25, 0.3) is 10.2 Å². The molecule has 2 aromatic heterocycles. The topological polar surface area (TPSA) is 54.9 Å². The maximum absolute atomic E-state index is 12.2. The van der Waals surface area contributed by atoms with E-state index in [4.69, 9.17) is 0 Å². The highest BCUT2D eigenvalue weighted by atomic mass is 32.2. The minimum absolute atomic E-state index is 0.0506. The lowest BCUT2D eigenvalue weighted by Gasteiger charge is -2.20. The van der Waals surface area contributed by atoms with Gasteiger partial charge in [0, 0.05) is 15.8 Å². The van der Waals surface area contributed by atoms with Crippen molar-refractivity contribution in [3.8, 4) is 0 Å². The van der Waals surface area contributed by atoms with E-state index >= 15 is 0 Å². The second-order valence-electron chi connectivity index (χ2n) is 7.69. The average Bonchev–Trinajstić information content (AvgIpc) is 2.79. The van der Waals surface area contributed by atoms with Crippen LogP contribution in [-0.4, -0.2) is 27.2 Å². The number of aromatic nitrogens is 2. The molecule has 6 heteroatoms. The Bertz CT molecular complexity index is 777. The largest absolute Gasteiger partial charge is 0.351 e. The van der Waals surface area contributed by atoms with Crippen LogP contribution < -0.4 is 5.32 Å². The van der Waals surface area contributed by atoms with Gasteiger partial charge in [0.2, 0.25) is 5.91 Å². The first kappa shape index (κ1) is 17.7. The molecule has 0 fully saturated rings. The highest BCUT2D eigenvalue weighted by Crippen LogP contribution is 2.40. The first-order valence-corrected chi connectivity index (χ1v) is 10.3. The minimum atomic E-state index is -0.202. The third-order valence-electron chi connectivity index (χ3n) is 4.09. The average molecular weight is 364 g/mol. The van der Waals surface area contributed by atoms with Crippen molar-refractivity contribution in [1.82, 2.24) is 15.3 Å². The van der Waals surface area contributed by atoms with Gasteiger partial charge in [0.1, 0.15) is 15.7 Å². The zero-order chi connectivity index (χ0) is 17.5. The van der Waals surface area contributed by atoms with E-state index in [1.54, 1.807) is 0 Å². The van der Waals surface area contributed by atoms with Crippen molar-refractivity contribution in [1.29, 1.82) is 0 Å². The molecule has 2 aromatic rings. The number of rotatable bonds is 3. The van der Waals surface area contributed by atoms with Crippen LogP contribution in [0, 0.1) is 12.8 Å². The van der Waals surface area contributed by atoms with Gasteiger partial charge in [-0.05, 0) is 58.4 Å². The van der Waals surface area contributed by atoms with Crippen LogP contribution in [0.4, 0.5) is 0 Å². The smallest absolute Gasteiger partial charge is 0.230 e. The molecule has 24 heavy (non-hydrogen) atoms. The molecule has 0 saturated carbocycles. The van der Waals surface area contributed by atoms with Crippen LogP contribution in [0.5, 0.6) is 0 Å². The SMILES string of the molecule is Cc1nc(SCC(=O)NC(C)(C)C)c2c3c(sc2n1)C[C@H](C)CC3. The molecule has 0 aliphatic heterocycles. The molecular formula is C18H25N3OS2. The second kappa shape index (κ2) is 6.64. The summed E-state index contributed by atoms with van der Waals surface area (Å²) in [6.07, 6.45) is 3.47. The molecule has 2 heterocycles. The van der Waals surface area contributed by atoms with E-state index in [9.17, 15) is 4.79 Å². The molecule has 0 saturated heterocycles. The summed E-state index contributed by atoms with van der Waals surface area (Å²) in [5.74, 6) is 1.97. The standard InChI is InChI=1S/C18H25N3OS2/c1-10-6-7-12-13(8-10)24-17-15(12)16(19-11(2)20-17)23-9-14(22)21-18(3,4)5/h10H,6-9H2,1-5H3,(H,21,22)/t10-/m1/s1. The number of thiophene rings is 1. The molecule has 130 valence electrons. The van der Waals surface area contributed by atoms with E-state index < -0.39 is 0 Å². The Morgan fingerprint density at radius 3 is 2.83 bits per heavy atom. The quantitative estimate of drug-likeness (QED) is 0.658. The molecule has 0 bridgehead atoms. The Morgan fingerprint density at radius 1 is 1.38 bits per heavy atom. The van der Waals surface area contributed by atoms with Gasteiger partial charge in [-0.1, -0.05) is 18.7 Å². The molecule has 3 rings (SSSR count). The normalized spacial score (nSPS) is 17.8. The van der Waals surface area contributed by atoms with Gasteiger partial charge in [-0.25, -0.2) is 9.97 Å². The van der Waals surface area contributed by atoms with Gasteiger partial charge in [0.25, 0.3) is 0 Å². The molecule has 1 aliphatic carbocycles. The minimum Gasteiger partial charge on any atom is -0.351 e. The predicted octanol–water partition coefficient (Wildman–Crippen LogP) is 4.13. The number of nitrogens with one attached hydrogen (secondary N) is 1. The van der Waals surface area contributed by atoms with Gasteiger partial charge in [0.05, 0.1) is 5.75 Å². The van der Waals surface area contributed by atoms with Crippen molar-refractivity contribution >= 4 is 39.2 Å². The van der Waals surface area contributed by atoms with Crippen molar-refractivity contribution in [2.24, 2.45) is 5.92 Å². The Labute approximate surface area is 151 Å². The van der Waals surface area contributed by atoms with E-state index in [0.717, 1.165) is 34.4 Å². The van der Waals surface area contributed by atoms with E-state index in [-0.39, 0.29) is 11.4 Å². The monoisotopic (exact) mass is 363 g/mol. The van der Waals surface area contributed by atoms with Crippen molar-refractivity contribution in [2.45, 2.75) is 64.4 Å². The zero-order valence-electron chi connectivity index (χ0n) is 15.0. The highest BCUT2D eigenvalue weighted by Gasteiger charge is 2.24. The predicted molar refractivity (Wildman–Crippen MR) is 102 cm³/mol. The highest BCUT2D eigenvalue weighted by molar-refractivity contribution is 8.00. The summed E-state index contributed by atoms with van der Waals surface area (Å²) < 4.78 is 0. The van der Waals surface area contributed by atoms with Crippen molar-refractivity contribution in [3.63, 3.8) is 0 Å². The lowest BCUT2D eigenvalue weighted by molar-refractivity contribution is -0.119. The lowest BCUT2D eigenvalue weighted by atomic mass is 9.89. The number of carbonyl (C=O) groups excluding carboxylic acids is 1. The Balaban J connectivity index is 1.89. The maximum Gasteiger partial charge on any atom is 0.230 e. The number of fused-ring (bicyclic) bond motifs is 3. The number of aryl methyl sites for hydroxylation is 2. The number of amides is 1. The number of hydrogen-bond donors (Lipinski definition) is 1. The van der Waals surface area contributed by atoms with Crippen molar-refractivity contribution < 1.29 is 4.79 Å². The van der Waals surface area contributed by atoms with Gasteiger partial charge in [-0.15, -0.1) is 11.3 Å². The first-order chi connectivity index (χ1) is 11.2. The van der Waals surface area contributed by atoms with Crippen LogP contribution in [0.2, 0.25) is 0 Å². The Morgan fingerprint density at radius 2 is 2.12 bits per heavy atom. The fraction of sp³-hybridized carbons (Fsp3) is 0.611. The van der Waals surface area contributed by atoms with Crippen molar-refractivity contribution in [3.05, 3.63) is 16.3 Å². The summed E-state index contributed by atoms with van der Waals surface area (Å²) in [6, 6.07) is 0. The molecule has 0 unspecified atom stereocenters. The molecule has 0 spiro atoms. The van der Waals surface area contributed by atoms with Crippen LogP contribution in [0.3, 0.4) is 0 Å². The molecule has 1 N–H and O–H groups in total. The fourth-order valence-electron chi connectivity index (χ4n) is 3.10. The maximum atomic E-state index is 12.2. The Hall–Kier alpha value is -1.14. The third kappa shape index (κ3) is 3.91.